The Balaban J connectivity index is 1.71. The van der Waals surface area contributed by atoms with Crippen molar-refractivity contribution in [3.8, 4) is 5.75 Å². The van der Waals surface area contributed by atoms with E-state index in [1.54, 1.807) is 36.4 Å². The molecular formula is C17H15FN2O2. The fourth-order valence-electron chi connectivity index (χ4n) is 2.41. The normalized spacial score (nSPS) is 14.0. The molecule has 3 rings (SSSR count). The fraction of sp³-hybridized carbons (Fsp3) is 0.176. The monoisotopic (exact) mass is 298 g/mol. The van der Waals surface area contributed by atoms with E-state index in [-0.39, 0.29) is 23.9 Å². The Kier molecular flexibility index (Phi) is 3.87. The van der Waals surface area contributed by atoms with Crippen LogP contribution in [0.5, 0.6) is 5.75 Å². The zero-order chi connectivity index (χ0) is 15.5. The molecule has 0 aliphatic carbocycles. The summed E-state index contributed by atoms with van der Waals surface area (Å²) in [6.07, 6.45) is 0.839. The van der Waals surface area contributed by atoms with Gasteiger partial charge < -0.3 is 5.11 Å². The first-order valence-electron chi connectivity index (χ1n) is 7.03. The van der Waals surface area contributed by atoms with Gasteiger partial charge in [0.05, 0.1) is 18.7 Å². The number of nitrogens with zero attached hydrogens (tertiary/aromatic N) is 2. The number of hydrogen-bond acceptors (Lipinski definition) is 3. The summed E-state index contributed by atoms with van der Waals surface area (Å²) >= 11 is 0. The molecule has 0 saturated heterocycles. The molecule has 0 unspecified atom stereocenters. The van der Waals surface area contributed by atoms with Crippen molar-refractivity contribution in [2.75, 3.05) is 6.54 Å². The lowest BCUT2D eigenvalue weighted by Crippen LogP contribution is -2.25. The molecule has 0 atom stereocenters. The Morgan fingerprint density at radius 2 is 2.00 bits per heavy atom. The van der Waals surface area contributed by atoms with E-state index < -0.39 is 0 Å². The first-order valence-corrected chi connectivity index (χ1v) is 7.03. The van der Waals surface area contributed by atoms with Crippen LogP contribution in [0.15, 0.2) is 53.6 Å². The van der Waals surface area contributed by atoms with Crippen LogP contribution in [0.25, 0.3) is 0 Å². The third-order valence-electron chi connectivity index (χ3n) is 3.53. The van der Waals surface area contributed by atoms with E-state index in [0.29, 0.717) is 13.0 Å². The second-order valence-corrected chi connectivity index (χ2v) is 5.17. The SMILES string of the molecule is O=C(Cc1cccc(O)c1)N1CCC(c2ccc(F)cc2)=N1. The minimum atomic E-state index is -0.292. The zero-order valence-corrected chi connectivity index (χ0v) is 11.9. The molecule has 1 amide bonds. The molecule has 0 saturated carbocycles. The van der Waals surface area contributed by atoms with Gasteiger partial charge in [-0.05, 0) is 35.4 Å². The Morgan fingerprint density at radius 1 is 1.23 bits per heavy atom. The Labute approximate surface area is 127 Å². The number of aromatic hydroxyl groups is 1. The van der Waals surface area contributed by atoms with Gasteiger partial charge in [0.15, 0.2) is 0 Å². The summed E-state index contributed by atoms with van der Waals surface area (Å²) < 4.78 is 12.9. The molecule has 2 aromatic rings. The van der Waals surface area contributed by atoms with E-state index in [9.17, 15) is 14.3 Å². The average Bonchev–Trinajstić information content (AvgIpc) is 2.98. The molecule has 5 heteroatoms. The largest absolute Gasteiger partial charge is 0.508 e. The highest BCUT2D eigenvalue weighted by Crippen LogP contribution is 2.17. The third-order valence-corrected chi connectivity index (χ3v) is 3.53. The lowest BCUT2D eigenvalue weighted by molar-refractivity contribution is -0.130. The summed E-state index contributed by atoms with van der Waals surface area (Å²) in [5.74, 6) is -0.274. The van der Waals surface area contributed by atoms with Gasteiger partial charge in [-0.25, -0.2) is 9.40 Å². The van der Waals surface area contributed by atoms with Crippen LogP contribution in [-0.4, -0.2) is 28.3 Å². The fourth-order valence-corrected chi connectivity index (χ4v) is 2.41. The number of carbonyl (C=O) groups excluding carboxylic acids is 1. The van der Waals surface area contributed by atoms with Crippen molar-refractivity contribution in [1.29, 1.82) is 0 Å². The van der Waals surface area contributed by atoms with Crippen LogP contribution in [0, 0.1) is 5.82 Å². The van der Waals surface area contributed by atoms with Crippen LogP contribution in [-0.2, 0) is 11.2 Å². The lowest BCUT2D eigenvalue weighted by Gasteiger charge is -2.11. The number of phenols is 1. The van der Waals surface area contributed by atoms with Gasteiger partial charge in [-0.2, -0.15) is 5.10 Å². The number of benzene rings is 2. The van der Waals surface area contributed by atoms with Crippen molar-refractivity contribution in [1.82, 2.24) is 5.01 Å². The minimum Gasteiger partial charge on any atom is -0.508 e. The Bertz CT molecular complexity index is 726. The number of halogens is 1. The van der Waals surface area contributed by atoms with E-state index in [0.717, 1.165) is 16.8 Å². The summed E-state index contributed by atoms with van der Waals surface area (Å²) in [6, 6.07) is 12.7. The quantitative estimate of drug-likeness (QED) is 0.947. The van der Waals surface area contributed by atoms with E-state index in [4.69, 9.17) is 0 Å². The molecule has 1 aliphatic heterocycles. The molecule has 0 aromatic heterocycles. The van der Waals surface area contributed by atoms with Crippen LogP contribution >= 0.6 is 0 Å². The maximum absolute atomic E-state index is 12.9. The molecule has 4 nitrogen and oxygen atoms in total. The van der Waals surface area contributed by atoms with Crippen LogP contribution in [0.3, 0.4) is 0 Å². The predicted octanol–water partition coefficient (Wildman–Crippen LogP) is 2.71. The minimum absolute atomic E-state index is 0.122. The first-order chi connectivity index (χ1) is 10.6. The number of hydrazone groups is 1. The second kappa shape index (κ2) is 5.97. The summed E-state index contributed by atoms with van der Waals surface area (Å²) in [5, 5.41) is 15.2. The molecule has 0 bridgehead atoms. The smallest absolute Gasteiger partial charge is 0.247 e. The van der Waals surface area contributed by atoms with Gasteiger partial charge in [0.2, 0.25) is 5.91 Å². The first kappa shape index (κ1) is 14.3. The van der Waals surface area contributed by atoms with Gasteiger partial charge in [0, 0.05) is 6.42 Å². The topological polar surface area (TPSA) is 52.9 Å². The number of carbonyl (C=O) groups is 1. The van der Waals surface area contributed by atoms with Crippen molar-refractivity contribution < 1.29 is 14.3 Å². The van der Waals surface area contributed by atoms with E-state index in [1.807, 2.05) is 0 Å². The van der Waals surface area contributed by atoms with Crippen molar-refractivity contribution >= 4 is 11.6 Å². The second-order valence-electron chi connectivity index (χ2n) is 5.17. The molecule has 22 heavy (non-hydrogen) atoms. The molecule has 0 fully saturated rings. The molecular weight excluding hydrogens is 283 g/mol. The Hall–Kier alpha value is -2.69. The van der Waals surface area contributed by atoms with E-state index in [1.165, 1.54) is 17.1 Å². The van der Waals surface area contributed by atoms with Crippen LogP contribution in [0.4, 0.5) is 4.39 Å². The summed E-state index contributed by atoms with van der Waals surface area (Å²) in [7, 11) is 0. The summed E-state index contributed by atoms with van der Waals surface area (Å²) in [5.41, 5.74) is 2.36. The molecule has 1 heterocycles. The van der Waals surface area contributed by atoms with Gasteiger partial charge in [0.25, 0.3) is 0 Å². The van der Waals surface area contributed by atoms with E-state index in [2.05, 4.69) is 5.10 Å². The van der Waals surface area contributed by atoms with Gasteiger partial charge in [-0.1, -0.05) is 24.3 Å². The summed E-state index contributed by atoms with van der Waals surface area (Å²) in [6.45, 7) is 0.518. The van der Waals surface area contributed by atoms with Gasteiger partial charge >= 0.3 is 0 Å². The molecule has 1 aliphatic rings. The maximum Gasteiger partial charge on any atom is 0.247 e. The van der Waals surface area contributed by atoms with Crippen molar-refractivity contribution in [2.24, 2.45) is 5.10 Å². The average molecular weight is 298 g/mol. The predicted molar refractivity (Wildman–Crippen MR) is 81.1 cm³/mol. The molecule has 1 N–H and O–H groups in total. The van der Waals surface area contributed by atoms with Crippen LogP contribution < -0.4 is 0 Å². The van der Waals surface area contributed by atoms with Crippen molar-refractivity contribution in [2.45, 2.75) is 12.8 Å². The van der Waals surface area contributed by atoms with Gasteiger partial charge in [-0.3, -0.25) is 4.79 Å². The number of amides is 1. The Morgan fingerprint density at radius 3 is 2.73 bits per heavy atom. The van der Waals surface area contributed by atoms with Crippen LogP contribution in [0.2, 0.25) is 0 Å². The van der Waals surface area contributed by atoms with Crippen molar-refractivity contribution in [3.63, 3.8) is 0 Å². The number of phenolic OH excluding ortho intramolecular Hbond substituents is 1. The van der Waals surface area contributed by atoms with Gasteiger partial charge in [0.1, 0.15) is 11.6 Å². The van der Waals surface area contributed by atoms with Crippen molar-refractivity contribution in [3.05, 3.63) is 65.5 Å². The summed E-state index contributed by atoms with van der Waals surface area (Å²) in [4.78, 5) is 12.2. The molecule has 0 spiro atoms. The third kappa shape index (κ3) is 3.14. The molecule has 2 aromatic carbocycles. The number of rotatable bonds is 3. The zero-order valence-electron chi connectivity index (χ0n) is 11.9. The van der Waals surface area contributed by atoms with Gasteiger partial charge in [-0.15, -0.1) is 0 Å². The number of hydrogen-bond donors (Lipinski definition) is 1. The maximum atomic E-state index is 12.9. The lowest BCUT2D eigenvalue weighted by atomic mass is 10.1. The molecule has 112 valence electrons. The standard InChI is InChI=1S/C17H15FN2O2/c18-14-6-4-13(5-7-14)16-8-9-20(19-16)17(22)11-12-2-1-3-15(21)10-12/h1-7,10,21H,8-9,11H2. The molecule has 0 radical (unpaired) electrons. The highest BCUT2D eigenvalue weighted by atomic mass is 19.1. The van der Waals surface area contributed by atoms with E-state index >= 15 is 0 Å². The van der Waals surface area contributed by atoms with Crippen LogP contribution in [0.1, 0.15) is 17.5 Å². The highest BCUT2D eigenvalue weighted by Gasteiger charge is 2.21. The highest BCUT2D eigenvalue weighted by molar-refractivity contribution is 6.02.